The van der Waals surface area contributed by atoms with Crippen LogP contribution in [0.2, 0.25) is 5.02 Å². The molecular weight excluding hydrogens is 195 g/mol. The maximum absolute atomic E-state index is 12.9. The van der Waals surface area contributed by atoms with Gasteiger partial charge in [-0.25, -0.2) is 4.39 Å². The second-order valence-corrected chi connectivity index (χ2v) is 3.07. The molecule has 5 N–H and O–H groups in total. The van der Waals surface area contributed by atoms with Crippen LogP contribution >= 0.6 is 11.6 Å². The number of hydrogen-bond acceptors (Lipinski definition) is 3. The molecule has 0 heterocycles. The molecule has 0 saturated heterocycles. The number of aromatic hydroxyl groups is 1. The average molecular weight is 205 g/mol. The van der Waals surface area contributed by atoms with Crippen LogP contribution in [0.15, 0.2) is 12.1 Å². The Hall–Kier alpha value is -0.840. The van der Waals surface area contributed by atoms with Crippen LogP contribution in [-0.2, 0) is 0 Å². The van der Waals surface area contributed by atoms with Gasteiger partial charge in [0.05, 0.1) is 5.02 Å². The molecule has 0 bridgehead atoms. The van der Waals surface area contributed by atoms with Gasteiger partial charge in [0.1, 0.15) is 11.6 Å². The molecule has 0 amide bonds. The van der Waals surface area contributed by atoms with E-state index in [0.29, 0.717) is 0 Å². The van der Waals surface area contributed by atoms with E-state index < -0.39 is 11.9 Å². The molecule has 5 heteroatoms. The van der Waals surface area contributed by atoms with Gasteiger partial charge in [-0.05, 0) is 6.07 Å². The van der Waals surface area contributed by atoms with Crippen LogP contribution in [0.5, 0.6) is 5.75 Å². The lowest BCUT2D eigenvalue weighted by molar-refractivity contribution is 0.459. The number of halogens is 2. The van der Waals surface area contributed by atoms with Crippen molar-refractivity contribution in [3.05, 3.63) is 28.5 Å². The molecule has 0 spiro atoms. The molecule has 0 aliphatic rings. The highest BCUT2D eigenvalue weighted by molar-refractivity contribution is 6.30. The van der Waals surface area contributed by atoms with E-state index in [4.69, 9.17) is 23.1 Å². The molecular formula is C8H10ClFN2O. The maximum atomic E-state index is 12.9. The number of benzene rings is 1. The van der Waals surface area contributed by atoms with Gasteiger partial charge in [-0.2, -0.15) is 0 Å². The number of nitrogens with two attached hydrogens (primary N) is 2. The van der Waals surface area contributed by atoms with Crippen LogP contribution < -0.4 is 11.5 Å². The summed E-state index contributed by atoms with van der Waals surface area (Å²) in [4.78, 5) is 0. The lowest BCUT2D eigenvalue weighted by atomic mass is 10.1. The summed E-state index contributed by atoms with van der Waals surface area (Å²) in [7, 11) is 0. The van der Waals surface area contributed by atoms with Gasteiger partial charge in [-0.15, -0.1) is 0 Å². The third-order valence-electron chi connectivity index (χ3n) is 1.72. The fourth-order valence-electron chi connectivity index (χ4n) is 0.976. The lowest BCUT2D eigenvalue weighted by Gasteiger charge is -2.11. The Morgan fingerprint density at radius 2 is 2.15 bits per heavy atom. The largest absolute Gasteiger partial charge is 0.508 e. The first kappa shape index (κ1) is 10.2. The van der Waals surface area contributed by atoms with Crippen molar-refractivity contribution in [3.63, 3.8) is 0 Å². The Labute approximate surface area is 80.1 Å². The van der Waals surface area contributed by atoms with E-state index in [9.17, 15) is 9.50 Å². The predicted octanol–water partition coefficient (Wildman–Crippen LogP) is 1.14. The average Bonchev–Trinajstić information content (AvgIpc) is 2.10. The molecule has 1 rings (SSSR count). The monoisotopic (exact) mass is 204 g/mol. The van der Waals surface area contributed by atoms with Crippen molar-refractivity contribution in [1.82, 2.24) is 0 Å². The third-order valence-corrected chi connectivity index (χ3v) is 2.01. The zero-order valence-electron chi connectivity index (χ0n) is 6.80. The topological polar surface area (TPSA) is 72.3 Å². The Morgan fingerprint density at radius 1 is 1.54 bits per heavy atom. The summed E-state index contributed by atoms with van der Waals surface area (Å²) in [5.41, 5.74) is 11.1. The van der Waals surface area contributed by atoms with E-state index in [1.807, 2.05) is 0 Å². The SMILES string of the molecule is NC[C@H](N)c1cc(F)c(Cl)cc1O. The zero-order valence-corrected chi connectivity index (χ0v) is 7.55. The highest BCUT2D eigenvalue weighted by Gasteiger charge is 2.12. The summed E-state index contributed by atoms with van der Waals surface area (Å²) in [5.74, 6) is -0.747. The fraction of sp³-hybridized carbons (Fsp3) is 0.250. The molecule has 72 valence electrons. The predicted molar refractivity (Wildman–Crippen MR) is 49.1 cm³/mol. The molecule has 1 aromatic carbocycles. The summed E-state index contributed by atoms with van der Waals surface area (Å²) in [6.45, 7) is 0.134. The van der Waals surface area contributed by atoms with E-state index in [0.717, 1.165) is 12.1 Å². The number of hydrogen-bond donors (Lipinski definition) is 3. The minimum atomic E-state index is -0.613. The third kappa shape index (κ3) is 2.09. The summed E-state index contributed by atoms with van der Waals surface area (Å²) in [6.07, 6.45) is 0. The molecule has 0 radical (unpaired) electrons. The standard InChI is InChI=1S/C8H10ClFN2O/c9-5-2-8(13)4(1-6(5)10)7(12)3-11/h1-2,7,13H,3,11-12H2/t7-/m0/s1. The van der Waals surface area contributed by atoms with Gasteiger partial charge >= 0.3 is 0 Å². The Bertz CT molecular complexity index is 319. The second-order valence-electron chi connectivity index (χ2n) is 2.67. The zero-order chi connectivity index (χ0) is 10.0. The van der Waals surface area contributed by atoms with Crippen LogP contribution in [0.1, 0.15) is 11.6 Å². The molecule has 3 nitrogen and oxygen atoms in total. The van der Waals surface area contributed by atoms with E-state index in [1.165, 1.54) is 0 Å². The molecule has 0 unspecified atom stereocenters. The van der Waals surface area contributed by atoms with Crippen molar-refractivity contribution in [2.75, 3.05) is 6.54 Å². The smallest absolute Gasteiger partial charge is 0.142 e. The van der Waals surface area contributed by atoms with E-state index in [-0.39, 0.29) is 22.9 Å². The summed E-state index contributed by atoms with van der Waals surface area (Å²) < 4.78 is 12.9. The fourth-order valence-corrected chi connectivity index (χ4v) is 1.13. The van der Waals surface area contributed by atoms with E-state index >= 15 is 0 Å². The molecule has 1 atom stereocenters. The number of rotatable bonds is 2. The molecule has 13 heavy (non-hydrogen) atoms. The van der Waals surface area contributed by atoms with Gasteiger partial charge < -0.3 is 16.6 Å². The molecule has 0 aromatic heterocycles. The molecule has 0 aliphatic heterocycles. The van der Waals surface area contributed by atoms with Gasteiger partial charge in [-0.1, -0.05) is 11.6 Å². The first-order chi connectivity index (χ1) is 6.06. The molecule has 0 fully saturated rings. The van der Waals surface area contributed by atoms with Crippen LogP contribution in [0.4, 0.5) is 4.39 Å². The van der Waals surface area contributed by atoms with Gasteiger partial charge in [0.15, 0.2) is 0 Å². The van der Waals surface area contributed by atoms with E-state index in [2.05, 4.69) is 0 Å². The van der Waals surface area contributed by atoms with Crippen molar-refractivity contribution < 1.29 is 9.50 Å². The Kier molecular flexibility index (Phi) is 3.08. The maximum Gasteiger partial charge on any atom is 0.142 e. The summed E-state index contributed by atoms with van der Waals surface area (Å²) in [6, 6.07) is 1.63. The molecule has 0 saturated carbocycles. The van der Waals surface area contributed by atoms with Crippen LogP contribution in [0.25, 0.3) is 0 Å². The van der Waals surface area contributed by atoms with Gasteiger partial charge in [0.2, 0.25) is 0 Å². The lowest BCUT2D eigenvalue weighted by Crippen LogP contribution is -2.20. The van der Waals surface area contributed by atoms with Crippen LogP contribution in [0.3, 0.4) is 0 Å². The van der Waals surface area contributed by atoms with Crippen LogP contribution in [0, 0.1) is 5.82 Å². The second kappa shape index (κ2) is 3.91. The Morgan fingerprint density at radius 3 is 2.69 bits per heavy atom. The minimum absolute atomic E-state index is 0.134. The van der Waals surface area contributed by atoms with Gasteiger partial charge in [0.25, 0.3) is 0 Å². The van der Waals surface area contributed by atoms with E-state index in [1.54, 1.807) is 0 Å². The van der Waals surface area contributed by atoms with Crippen molar-refractivity contribution in [2.24, 2.45) is 11.5 Å². The Balaban J connectivity index is 3.15. The van der Waals surface area contributed by atoms with Crippen molar-refractivity contribution in [1.29, 1.82) is 0 Å². The number of phenols is 1. The normalized spacial score (nSPS) is 12.9. The minimum Gasteiger partial charge on any atom is -0.508 e. The first-order valence-corrected chi connectivity index (χ1v) is 4.07. The van der Waals surface area contributed by atoms with Crippen molar-refractivity contribution in [3.8, 4) is 5.75 Å². The number of phenolic OH excluding ortho intramolecular Hbond substituents is 1. The highest BCUT2D eigenvalue weighted by atomic mass is 35.5. The summed E-state index contributed by atoms with van der Waals surface area (Å²) >= 11 is 5.43. The first-order valence-electron chi connectivity index (χ1n) is 3.69. The molecule has 0 aliphatic carbocycles. The van der Waals surface area contributed by atoms with Crippen molar-refractivity contribution >= 4 is 11.6 Å². The summed E-state index contributed by atoms with van der Waals surface area (Å²) in [5, 5.41) is 9.20. The van der Waals surface area contributed by atoms with Crippen LogP contribution in [-0.4, -0.2) is 11.7 Å². The van der Waals surface area contributed by atoms with Crippen molar-refractivity contribution in [2.45, 2.75) is 6.04 Å². The molecule has 1 aromatic rings. The quantitative estimate of drug-likeness (QED) is 0.677. The van der Waals surface area contributed by atoms with Gasteiger partial charge in [-0.3, -0.25) is 0 Å². The van der Waals surface area contributed by atoms with Gasteiger partial charge in [0, 0.05) is 24.2 Å². The highest BCUT2D eigenvalue weighted by Crippen LogP contribution is 2.28.